The van der Waals surface area contributed by atoms with E-state index in [1.807, 2.05) is 36.4 Å². The largest absolute Gasteiger partial charge is 0.423 e. The van der Waals surface area contributed by atoms with E-state index in [0.717, 1.165) is 16.7 Å². The number of methoxy groups -OCH3 is 1. The summed E-state index contributed by atoms with van der Waals surface area (Å²) < 4.78 is 10.3. The van der Waals surface area contributed by atoms with Gasteiger partial charge < -0.3 is 9.47 Å². The van der Waals surface area contributed by atoms with Crippen molar-refractivity contribution in [1.29, 1.82) is 0 Å². The van der Waals surface area contributed by atoms with Gasteiger partial charge in [-0.25, -0.2) is 4.79 Å². The summed E-state index contributed by atoms with van der Waals surface area (Å²) in [5.41, 5.74) is 3.68. The molecule has 0 spiro atoms. The van der Waals surface area contributed by atoms with Gasteiger partial charge in [0.1, 0.15) is 5.75 Å². The van der Waals surface area contributed by atoms with E-state index >= 15 is 0 Å². The molecule has 21 heavy (non-hydrogen) atoms. The molecule has 0 aliphatic heterocycles. The molecule has 0 N–H and O–H groups in total. The lowest BCUT2D eigenvalue weighted by atomic mass is 10.0. The van der Waals surface area contributed by atoms with E-state index in [9.17, 15) is 4.79 Å². The van der Waals surface area contributed by atoms with E-state index in [1.54, 1.807) is 26.2 Å². The van der Waals surface area contributed by atoms with E-state index in [-0.39, 0.29) is 0 Å². The molecular weight excluding hydrogens is 264 g/mol. The topological polar surface area (TPSA) is 35.5 Å². The van der Waals surface area contributed by atoms with Gasteiger partial charge in [-0.15, -0.1) is 0 Å². The zero-order chi connectivity index (χ0) is 15.2. The first-order chi connectivity index (χ1) is 10.1. The van der Waals surface area contributed by atoms with E-state index in [0.29, 0.717) is 17.9 Å². The molecule has 0 unspecified atom stereocenters. The molecule has 0 saturated carbocycles. The lowest BCUT2D eigenvalue weighted by Crippen LogP contribution is -2.07. The summed E-state index contributed by atoms with van der Waals surface area (Å²) in [6.07, 6.45) is 0. The highest BCUT2D eigenvalue weighted by Gasteiger charge is 2.05. The molecule has 2 aromatic carbocycles. The SMILES string of the molecule is C=C(C)C(=O)Oc1ccc(-c2ccc(COC)cc2)cc1. The molecule has 2 aromatic rings. The van der Waals surface area contributed by atoms with E-state index in [4.69, 9.17) is 9.47 Å². The fourth-order valence-corrected chi connectivity index (χ4v) is 1.87. The predicted molar refractivity (Wildman–Crippen MR) is 83.0 cm³/mol. The van der Waals surface area contributed by atoms with Crippen LogP contribution in [0.4, 0.5) is 0 Å². The molecular formula is C18H18O3. The molecule has 0 saturated heterocycles. The van der Waals surface area contributed by atoms with E-state index in [2.05, 4.69) is 6.58 Å². The fourth-order valence-electron chi connectivity index (χ4n) is 1.87. The lowest BCUT2D eigenvalue weighted by molar-refractivity contribution is -0.130. The Morgan fingerprint density at radius 2 is 1.52 bits per heavy atom. The summed E-state index contributed by atoms with van der Waals surface area (Å²) in [4.78, 5) is 11.4. The van der Waals surface area contributed by atoms with Crippen LogP contribution in [0, 0.1) is 0 Å². The molecule has 0 aliphatic rings. The van der Waals surface area contributed by atoms with Gasteiger partial charge in [0.15, 0.2) is 0 Å². The summed E-state index contributed by atoms with van der Waals surface area (Å²) in [6.45, 7) is 5.79. The minimum atomic E-state index is -0.410. The van der Waals surface area contributed by atoms with Crippen molar-refractivity contribution in [2.24, 2.45) is 0 Å². The van der Waals surface area contributed by atoms with Crippen molar-refractivity contribution in [2.45, 2.75) is 13.5 Å². The van der Waals surface area contributed by atoms with Crippen molar-refractivity contribution in [3.05, 3.63) is 66.2 Å². The van der Waals surface area contributed by atoms with Crippen LogP contribution in [0.15, 0.2) is 60.7 Å². The van der Waals surface area contributed by atoms with Crippen LogP contribution >= 0.6 is 0 Å². The first-order valence-corrected chi connectivity index (χ1v) is 6.66. The van der Waals surface area contributed by atoms with Gasteiger partial charge in [-0.2, -0.15) is 0 Å². The molecule has 0 aromatic heterocycles. The molecule has 108 valence electrons. The number of carbonyl (C=O) groups is 1. The van der Waals surface area contributed by atoms with Crippen LogP contribution in [0.5, 0.6) is 5.75 Å². The number of hydrogen-bond donors (Lipinski definition) is 0. The molecule has 0 radical (unpaired) electrons. The lowest BCUT2D eigenvalue weighted by Gasteiger charge is -2.06. The average Bonchev–Trinajstić information content (AvgIpc) is 2.49. The number of carbonyl (C=O) groups excluding carboxylic acids is 1. The zero-order valence-electron chi connectivity index (χ0n) is 12.3. The molecule has 0 amide bonds. The Morgan fingerprint density at radius 3 is 2.00 bits per heavy atom. The Balaban J connectivity index is 2.11. The van der Waals surface area contributed by atoms with Crippen molar-refractivity contribution in [1.82, 2.24) is 0 Å². The van der Waals surface area contributed by atoms with Gasteiger partial charge in [0, 0.05) is 12.7 Å². The van der Waals surface area contributed by atoms with Gasteiger partial charge >= 0.3 is 5.97 Å². The third kappa shape index (κ3) is 4.04. The highest BCUT2D eigenvalue weighted by molar-refractivity contribution is 5.88. The summed E-state index contributed by atoms with van der Waals surface area (Å²) in [5, 5.41) is 0. The number of esters is 1. The number of ether oxygens (including phenoxy) is 2. The Labute approximate surface area is 124 Å². The summed E-state index contributed by atoms with van der Waals surface area (Å²) in [6, 6.07) is 15.6. The smallest absolute Gasteiger partial charge is 0.338 e. The van der Waals surface area contributed by atoms with Crippen molar-refractivity contribution in [2.75, 3.05) is 7.11 Å². The van der Waals surface area contributed by atoms with Crippen LogP contribution in [-0.2, 0) is 16.1 Å². The van der Waals surface area contributed by atoms with Crippen LogP contribution in [0.2, 0.25) is 0 Å². The van der Waals surface area contributed by atoms with Gasteiger partial charge in [0.25, 0.3) is 0 Å². The monoisotopic (exact) mass is 282 g/mol. The molecule has 0 fully saturated rings. The van der Waals surface area contributed by atoms with Crippen LogP contribution in [0.1, 0.15) is 12.5 Å². The maximum absolute atomic E-state index is 11.4. The van der Waals surface area contributed by atoms with Gasteiger partial charge in [0.05, 0.1) is 6.61 Å². The highest BCUT2D eigenvalue weighted by Crippen LogP contribution is 2.23. The average molecular weight is 282 g/mol. The molecule has 0 aliphatic carbocycles. The summed E-state index contributed by atoms with van der Waals surface area (Å²) >= 11 is 0. The second-order valence-electron chi connectivity index (χ2n) is 4.82. The maximum atomic E-state index is 11.4. The van der Waals surface area contributed by atoms with E-state index < -0.39 is 5.97 Å². The van der Waals surface area contributed by atoms with Gasteiger partial charge in [-0.05, 0) is 35.7 Å². The first-order valence-electron chi connectivity index (χ1n) is 6.66. The third-order valence-corrected chi connectivity index (χ3v) is 3.01. The van der Waals surface area contributed by atoms with Crippen molar-refractivity contribution < 1.29 is 14.3 Å². The molecule has 0 atom stereocenters. The highest BCUT2D eigenvalue weighted by atomic mass is 16.5. The number of hydrogen-bond acceptors (Lipinski definition) is 3. The molecule has 3 nitrogen and oxygen atoms in total. The molecule has 2 rings (SSSR count). The van der Waals surface area contributed by atoms with E-state index in [1.165, 1.54) is 0 Å². The summed E-state index contributed by atoms with van der Waals surface area (Å²) in [5.74, 6) is 0.106. The van der Waals surface area contributed by atoms with Gasteiger partial charge in [0.2, 0.25) is 0 Å². The fraction of sp³-hybridized carbons (Fsp3) is 0.167. The Morgan fingerprint density at radius 1 is 1.00 bits per heavy atom. The van der Waals surface area contributed by atoms with Crippen molar-refractivity contribution >= 4 is 5.97 Å². The predicted octanol–water partition coefficient (Wildman–Crippen LogP) is 3.98. The standard InChI is InChI=1S/C18H18O3/c1-13(2)18(19)21-17-10-8-16(9-11-17)15-6-4-14(5-7-15)12-20-3/h4-11H,1,12H2,2-3H3. The number of rotatable bonds is 5. The zero-order valence-corrected chi connectivity index (χ0v) is 12.3. The summed E-state index contributed by atoms with van der Waals surface area (Å²) in [7, 11) is 1.68. The number of benzene rings is 2. The van der Waals surface area contributed by atoms with Crippen molar-refractivity contribution in [3.63, 3.8) is 0 Å². The molecule has 0 bridgehead atoms. The van der Waals surface area contributed by atoms with Crippen molar-refractivity contribution in [3.8, 4) is 16.9 Å². The van der Waals surface area contributed by atoms with Gasteiger partial charge in [-0.1, -0.05) is 43.0 Å². The van der Waals surface area contributed by atoms with Crippen LogP contribution < -0.4 is 4.74 Å². The normalized spacial score (nSPS) is 10.2. The Kier molecular flexibility index (Phi) is 4.90. The minimum Gasteiger partial charge on any atom is -0.423 e. The van der Waals surface area contributed by atoms with Crippen LogP contribution in [-0.4, -0.2) is 13.1 Å². The third-order valence-electron chi connectivity index (χ3n) is 3.01. The Hall–Kier alpha value is -2.39. The van der Waals surface area contributed by atoms with Crippen LogP contribution in [0.3, 0.4) is 0 Å². The second kappa shape index (κ2) is 6.86. The Bertz CT molecular complexity index is 625. The quantitative estimate of drug-likeness (QED) is 0.472. The van der Waals surface area contributed by atoms with Crippen LogP contribution in [0.25, 0.3) is 11.1 Å². The molecule has 0 heterocycles. The first kappa shape index (κ1) is 15.0. The maximum Gasteiger partial charge on any atom is 0.338 e. The van der Waals surface area contributed by atoms with Gasteiger partial charge in [-0.3, -0.25) is 0 Å². The molecule has 3 heteroatoms. The minimum absolute atomic E-state index is 0.382. The second-order valence-corrected chi connectivity index (χ2v) is 4.82.